The van der Waals surface area contributed by atoms with E-state index in [9.17, 15) is 5.11 Å². The summed E-state index contributed by atoms with van der Waals surface area (Å²) in [6.07, 6.45) is -0.137. The van der Waals surface area contributed by atoms with Gasteiger partial charge < -0.3 is 9.84 Å². The van der Waals surface area contributed by atoms with Crippen molar-refractivity contribution >= 4 is 27.5 Å². The molecule has 20 heavy (non-hydrogen) atoms. The second-order valence-electron chi connectivity index (χ2n) is 4.85. The summed E-state index contributed by atoms with van der Waals surface area (Å²) < 4.78 is 10.3. The molecule has 2 rings (SSSR count). The second-order valence-corrected chi connectivity index (χ2v) is 6.55. The van der Waals surface area contributed by atoms with E-state index < -0.39 is 6.10 Å². The van der Waals surface area contributed by atoms with Gasteiger partial charge in [-0.25, -0.2) is 0 Å². The summed E-state index contributed by atoms with van der Waals surface area (Å²) in [4.78, 5) is 0.835. The number of hydrogen-bond donors (Lipinski definition) is 1. The van der Waals surface area contributed by atoms with E-state index in [1.165, 1.54) is 11.5 Å². The Hall–Kier alpha value is -0.980. The van der Waals surface area contributed by atoms with Gasteiger partial charge in [0.15, 0.2) is 0 Å². The van der Waals surface area contributed by atoms with Crippen molar-refractivity contribution in [2.45, 2.75) is 32.3 Å². The molecule has 0 radical (unpaired) electrons. The van der Waals surface area contributed by atoms with E-state index in [0.29, 0.717) is 6.42 Å². The smallest absolute Gasteiger partial charge is 0.122 e. The van der Waals surface area contributed by atoms with E-state index in [0.717, 1.165) is 26.4 Å². The maximum absolute atomic E-state index is 10.5. The number of rotatable bonds is 5. The zero-order valence-corrected chi connectivity index (χ0v) is 14.0. The van der Waals surface area contributed by atoms with Gasteiger partial charge in [0, 0.05) is 10.9 Å². The minimum Gasteiger partial charge on any atom is -0.496 e. The molecule has 108 valence electrons. The van der Waals surface area contributed by atoms with Gasteiger partial charge in [-0.2, -0.15) is 0 Å². The number of halogens is 1. The Bertz CT molecular complexity index is 586. The van der Waals surface area contributed by atoms with Crippen LogP contribution in [0.3, 0.4) is 0 Å². The van der Waals surface area contributed by atoms with Crippen molar-refractivity contribution in [1.82, 2.24) is 9.59 Å². The predicted molar refractivity (Wildman–Crippen MR) is 83.4 cm³/mol. The largest absolute Gasteiger partial charge is 0.496 e. The van der Waals surface area contributed by atoms with E-state index in [-0.39, 0.29) is 5.92 Å². The van der Waals surface area contributed by atoms with Gasteiger partial charge >= 0.3 is 0 Å². The van der Waals surface area contributed by atoms with Crippen molar-refractivity contribution in [3.8, 4) is 5.75 Å². The van der Waals surface area contributed by atoms with Gasteiger partial charge in [0.1, 0.15) is 5.75 Å². The molecule has 0 fully saturated rings. The molecule has 1 aromatic carbocycles. The van der Waals surface area contributed by atoms with Crippen LogP contribution in [-0.2, 0) is 6.42 Å². The number of aromatic nitrogens is 2. The molecule has 0 saturated heterocycles. The monoisotopic (exact) mass is 356 g/mol. The van der Waals surface area contributed by atoms with Gasteiger partial charge in [-0.15, -0.1) is 5.10 Å². The van der Waals surface area contributed by atoms with E-state index in [1.54, 1.807) is 7.11 Å². The minimum atomic E-state index is -0.615. The molecule has 0 saturated carbocycles. The van der Waals surface area contributed by atoms with Crippen LogP contribution in [0.15, 0.2) is 22.7 Å². The third-order valence-electron chi connectivity index (χ3n) is 3.05. The normalized spacial score (nSPS) is 12.7. The predicted octanol–water partition coefficient (Wildman–Crippen LogP) is 3.71. The lowest BCUT2D eigenvalue weighted by molar-refractivity contribution is 0.179. The van der Waals surface area contributed by atoms with Crippen LogP contribution in [0.4, 0.5) is 0 Å². The number of benzene rings is 1. The number of methoxy groups -OCH3 is 1. The van der Waals surface area contributed by atoms with E-state index in [2.05, 4.69) is 25.5 Å². The molecule has 0 spiro atoms. The SMILES string of the molecule is COc1ccc(Br)cc1CC(O)c1snnc1C(C)C. The van der Waals surface area contributed by atoms with Gasteiger partial charge in [-0.05, 0) is 41.2 Å². The van der Waals surface area contributed by atoms with Crippen LogP contribution in [0.1, 0.15) is 42.0 Å². The van der Waals surface area contributed by atoms with Crippen LogP contribution < -0.4 is 4.74 Å². The van der Waals surface area contributed by atoms with Crippen molar-refractivity contribution in [1.29, 1.82) is 0 Å². The van der Waals surface area contributed by atoms with Crippen molar-refractivity contribution in [3.05, 3.63) is 38.8 Å². The van der Waals surface area contributed by atoms with Crippen molar-refractivity contribution in [2.24, 2.45) is 0 Å². The average Bonchev–Trinajstić information content (AvgIpc) is 2.88. The van der Waals surface area contributed by atoms with Crippen molar-refractivity contribution in [2.75, 3.05) is 7.11 Å². The molecule has 0 aliphatic carbocycles. The number of ether oxygens (including phenoxy) is 1. The molecule has 1 heterocycles. The zero-order valence-electron chi connectivity index (χ0n) is 11.6. The molecule has 0 aliphatic rings. The Morgan fingerprint density at radius 2 is 2.15 bits per heavy atom. The minimum absolute atomic E-state index is 0.253. The summed E-state index contributed by atoms with van der Waals surface area (Å²) in [6.45, 7) is 4.10. The van der Waals surface area contributed by atoms with Gasteiger partial charge in [0.25, 0.3) is 0 Å². The van der Waals surface area contributed by atoms with Gasteiger partial charge in [0.2, 0.25) is 0 Å². The molecular formula is C14H17BrN2O2S. The van der Waals surface area contributed by atoms with E-state index in [4.69, 9.17) is 4.74 Å². The number of nitrogens with zero attached hydrogens (tertiary/aromatic N) is 2. The summed E-state index contributed by atoms with van der Waals surface area (Å²) in [7, 11) is 1.63. The first-order valence-corrected chi connectivity index (χ1v) is 7.92. The van der Waals surface area contributed by atoms with Gasteiger partial charge in [-0.1, -0.05) is 34.3 Å². The molecule has 1 unspecified atom stereocenters. The topological polar surface area (TPSA) is 55.2 Å². The Morgan fingerprint density at radius 1 is 1.40 bits per heavy atom. The Labute approximate surface area is 131 Å². The molecule has 6 heteroatoms. The summed E-state index contributed by atoms with van der Waals surface area (Å²) in [5.74, 6) is 1.03. The number of aliphatic hydroxyl groups excluding tert-OH is 1. The van der Waals surface area contributed by atoms with Gasteiger partial charge in [0.05, 0.1) is 23.8 Å². The fraction of sp³-hybridized carbons (Fsp3) is 0.429. The van der Waals surface area contributed by atoms with Gasteiger partial charge in [-0.3, -0.25) is 0 Å². The Balaban J connectivity index is 2.25. The van der Waals surface area contributed by atoms with Crippen LogP contribution in [0.5, 0.6) is 5.75 Å². The van der Waals surface area contributed by atoms with E-state index in [1.807, 2.05) is 32.0 Å². The van der Waals surface area contributed by atoms with Crippen molar-refractivity contribution < 1.29 is 9.84 Å². The highest BCUT2D eigenvalue weighted by Gasteiger charge is 2.20. The molecule has 0 aliphatic heterocycles. The summed E-state index contributed by atoms with van der Waals surface area (Å²) in [6, 6.07) is 5.77. The Morgan fingerprint density at radius 3 is 2.80 bits per heavy atom. The van der Waals surface area contributed by atoms with Crippen LogP contribution in [0, 0.1) is 0 Å². The Kier molecular flexibility index (Phi) is 5.12. The maximum atomic E-state index is 10.5. The lowest BCUT2D eigenvalue weighted by Gasteiger charge is -2.14. The fourth-order valence-electron chi connectivity index (χ4n) is 2.04. The van der Waals surface area contributed by atoms with Crippen LogP contribution in [0.25, 0.3) is 0 Å². The highest BCUT2D eigenvalue weighted by molar-refractivity contribution is 9.10. The molecule has 0 amide bonds. The molecule has 4 nitrogen and oxygen atoms in total. The molecule has 1 N–H and O–H groups in total. The number of aliphatic hydroxyl groups is 1. The lowest BCUT2D eigenvalue weighted by atomic mass is 10.0. The van der Waals surface area contributed by atoms with Crippen molar-refractivity contribution in [3.63, 3.8) is 0 Å². The van der Waals surface area contributed by atoms with Crippen LogP contribution >= 0.6 is 27.5 Å². The standard InChI is InChI=1S/C14H17BrN2O2S/c1-8(2)13-14(20-17-16-13)11(18)7-9-6-10(15)4-5-12(9)19-3/h4-6,8,11,18H,7H2,1-3H3. The maximum Gasteiger partial charge on any atom is 0.122 e. The first-order chi connectivity index (χ1) is 9.52. The summed E-state index contributed by atoms with van der Waals surface area (Å²) >= 11 is 4.70. The fourth-order valence-corrected chi connectivity index (χ4v) is 3.24. The third-order valence-corrected chi connectivity index (χ3v) is 4.38. The molecular weight excluding hydrogens is 340 g/mol. The van der Waals surface area contributed by atoms with Crippen LogP contribution in [0.2, 0.25) is 0 Å². The first-order valence-electron chi connectivity index (χ1n) is 6.35. The lowest BCUT2D eigenvalue weighted by Crippen LogP contribution is -2.05. The average molecular weight is 357 g/mol. The first kappa shape index (κ1) is 15.4. The molecule has 0 bridgehead atoms. The van der Waals surface area contributed by atoms with Crippen LogP contribution in [-0.4, -0.2) is 21.8 Å². The quantitative estimate of drug-likeness (QED) is 0.886. The zero-order chi connectivity index (χ0) is 14.7. The summed E-state index contributed by atoms with van der Waals surface area (Å²) in [5, 5.41) is 14.6. The highest BCUT2D eigenvalue weighted by Crippen LogP contribution is 2.32. The molecule has 1 atom stereocenters. The summed E-state index contributed by atoms with van der Waals surface area (Å²) in [5.41, 5.74) is 1.83. The molecule has 1 aromatic heterocycles. The number of hydrogen-bond acceptors (Lipinski definition) is 5. The van der Waals surface area contributed by atoms with E-state index >= 15 is 0 Å². The molecule has 2 aromatic rings. The third kappa shape index (κ3) is 3.37. The second kappa shape index (κ2) is 6.65. The highest BCUT2D eigenvalue weighted by atomic mass is 79.9.